The van der Waals surface area contributed by atoms with Crippen molar-refractivity contribution >= 4 is 40.4 Å². The molecule has 1 heterocycles. The van der Waals surface area contributed by atoms with Crippen LogP contribution in [-0.4, -0.2) is 36.3 Å². The van der Waals surface area contributed by atoms with Crippen molar-refractivity contribution < 1.29 is 19.1 Å². The standard InChI is InChI=1S/C28H26N2O4S/c1-4-34-24-15-11-22(12-16-24)30-27(32)25(17-20-7-13-23(33-3)14-8-20)29-28(30)35-18-26(31)21-9-5-19(2)6-10-21/h5-17H,4,18H2,1-3H3/b25-17-. The van der Waals surface area contributed by atoms with Crippen LogP contribution in [0.1, 0.15) is 28.4 Å². The Hall–Kier alpha value is -3.84. The number of thioether (sulfide) groups is 1. The van der Waals surface area contributed by atoms with Crippen molar-refractivity contribution in [3.63, 3.8) is 0 Å². The first-order chi connectivity index (χ1) is 17.0. The highest BCUT2D eigenvalue weighted by molar-refractivity contribution is 8.14. The summed E-state index contributed by atoms with van der Waals surface area (Å²) in [5.74, 6) is 1.34. The fourth-order valence-electron chi connectivity index (χ4n) is 3.49. The van der Waals surface area contributed by atoms with E-state index in [4.69, 9.17) is 9.47 Å². The van der Waals surface area contributed by atoms with E-state index < -0.39 is 0 Å². The first kappa shape index (κ1) is 24.3. The number of ether oxygens (including phenoxy) is 2. The maximum absolute atomic E-state index is 13.4. The van der Waals surface area contributed by atoms with Gasteiger partial charge in [-0.25, -0.2) is 4.99 Å². The number of ketones is 1. The molecule has 178 valence electrons. The zero-order valence-corrected chi connectivity index (χ0v) is 20.7. The molecule has 0 aromatic heterocycles. The number of amidine groups is 1. The van der Waals surface area contributed by atoms with Crippen molar-refractivity contribution in [2.45, 2.75) is 13.8 Å². The summed E-state index contributed by atoms with van der Waals surface area (Å²) in [6.07, 6.45) is 1.73. The Morgan fingerprint density at radius 1 is 0.971 bits per heavy atom. The van der Waals surface area contributed by atoms with Crippen LogP contribution in [0.15, 0.2) is 83.5 Å². The normalized spacial score (nSPS) is 14.3. The third-order valence-corrected chi connectivity index (χ3v) is 6.30. The fourth-order valence-corrected chi connectivity index (χ4v) is 4.40. The van der Waals surface area contributed by atoms with Crippen LogP contribution < -0.4 is 14.4 Å². The van der Waals surface area contributed by atoms with Crippen molar-refractivity contribution in [1.82, 2.24) is 0 Å². The Kier molecular flexibility index (Phi) is 7.67. The number of rotatable bonds is 8. The number of hydrogen-bond acceptors (Lipinski definition) is 6. The van der Waals surface area contributed by atoms with E-state index in [1.54, 1.807) is 13.2 Å². The smallest absolute Gasteiger partial charge is 0.283 e. The van der Waals surface area contributed by atoms with Gasteiger partial charge in [0.25, 0.3) is 5.91 Å². The van der Waals surface area contributed by atoms with Crippen molar-refractivity contribution in [1.29, 1.82) is 0 Å². The fraction of sp³-hybridized carbons (Fsp3) is 0.179. The lowest BCUT2D eigenvalue weighted by atomic mass is 10.1. The van der Waals surface area contributed by atoms with Gasteiger partial charge < -0.3 is 9.47 Å². The number of carbonyl (C=O) groups is 2. The Morgan fingerprint density at radius 2 is 1.63 bits per heavy atom. The second kappa shape index (κ2) is 11.1. The van der Waals surface area contributed by atoms with Crippen LogP contribution in [0.3, 0.4) is 0 Å². The van der Waals surface area contributed by atoms with Crippen LogP contribution in [-0.2, 0) is 4.79 Å². The predicted molar refractivity (Wildman–Crippen MR) is 141 cm³/mol. The summed E-state index contributed by atoms with van der Waals surface area (Å²) in [6, 6.07) is 22.1. The largest absolute Gasteiger partial charge is 0.497 e. The maximum Gasteiger partial charge on any atom is 0.283 e. The highest BCUT2D eigenvalue weighted by Crippen LogP contribution is 2.31. The summed E-state index contributed by atoms with van der Waals surface area (Å²) in [6.45, 7) is 4.45. The van der Waals surface area contributed by atoms with E-state index in [0.717, 1.165) is 22.6 Å². The van der Waals surface area contributed by atoms with E-state index in [1.807, 2.05) is 86.6 Å². The summed E-state index contributed by atoms with van der Waals surface area (Å²) >= 11 is 1.25. The quantitative estimate of drug-likeness (QED) is 0.299. The minimum Gasteiger partial charge on any atom is -0.497 e. The van der Waals surface area contributed by atoms with Crippen molar-refractivity contribution in [3.8, 4) is 11.5 Å². The van der Waals surface area contributed by atoms with Gasteiger partial charge in [0.05, 0.1) is 25.2 Å². The molecule has 0 bridgehead atoms. The second-order valence-corrected chi connectivity index (χ2v) is 8.78. The van der Waals surface area contributed by atoms with Gasteiger partial charge in [0.15, 0.2) is 11.0 Å². The number of nitrogens with zero attached hydrogens (tertiary/aromatic N) is 2. The molecule has 0 aliphatic carbocycles. The summed E-state index contributed by atoms with van der Waals surface area (Å²) in [4.78, 5) is 32.3. The Bertz CT molecular complexity index is 1260. The van der Waals surface area contributed by atoms with Gasteiger partial charge in [-0.15, -0.1) is 0 Å². The molecule has 4 rings (SSSR count). The molecule has 6 nitrogen and oxygen atoms in total. The van der Waals surface area contributed by atoms with Crippen LogP contribution in [0, 0.1) is 6.92 Å². The van der Waals surface area contributed by atoms with E-state index in [2.05, 4.69) is 4.99 Å². The van der Waals surface area contributed by atoms with Crippen LogP contribution in [0.4, 0.5) is 5.69 Å². The number of aliphatic imine (C=N–C) groups is 1. The van der Waals surface area contributed by atoms with Crippen LogP contribution in [0.5, 0.6) is 11.5 Å². The Labute approximate surface area is 209 Å². The van der Waals surface area contributed by atoms with Gasteiger partial charge >= 0.3 is 0 Å². The number of Topliss-reactive ketones (excluding diaryl/α,β-unsaturated/α-hetero) is 1. The van der Waals surface area contributed by atoms with Gasteiger partial charge in [-0.3, -0.25) is 14.5 Å². The number of carbonyl (C=O) groups excluding carboxylic acids is 2. The summed E-state index contributed by atoms with van der Waals surface area (Å²) < 4.78 is 10.7. The summed E-state index contributed by atoms with van der Waals surface area (Å²) in [5, 5.41) is 0.458. The van der Waals surface area contributed by atoms with Crippen molar-refractivity contribution in [2.24, 2.45) is 4.99 Å². The molecule has 0 saturated carbocycles. The van der Waals surface area contributed by atoms with Gasteiger partial charge in [0.2, 0.25) is 0 Å². The number of amides is 1. The van der Waals surface area contributed by atoms with Crippen LogP contribution in [0.2, 0.25) is 0 Å². The lowest BCUT2D eigenvalue weighted by molar-refractivity contribution is -0.113. The molecule has 1 aliphatic rings. The molecule has 0 unspecified atom stereocenters. The number of anilines is 1. The maximum atomic E-state index is 13.4. The highest BCUT2D eigenvalue weighted by atomic mass is 32.2. The van der Waals surface area contributed by atoms with Gasteiger partial charge in [0, 0.05) is 5.56 Å². The molecule has 3 aromatic carbocycles. The predicted octanol–water partition coefficient (Wildman–Crippen LogP) is 5.76. The van der Waals surface area contributed by atoms with E-state index in [0.29, 0.717) is 28.7 Å². The minimum atomic E-state index is -0.254. The van der Waals surface area contributed by atoms with Crippen molar-refractivity contribution in [3.05, 3.63) is 95.2 Å². The van der Waals surface area contributed by atoms with Gasteiger partial charge in [-0.05, 0) is 61.9 Å². The first-order valence-electron chi connectivity index (χ1n) is 11.2. The number of benzene rings is 3. The van der Waals surface area contributed by atoms with E-state index in [1.165, 1.54) is 16.7 Å². The van der Waals surface area contributed by atoms with Gasteiger partial charge in [0.1, 0.15) is 17.2 Å². The molecule has 0 N–H and O–H groups in total. The third-order valence-electron chi connectivity index (χ3n) is 5.36. The average Bonchev–Trinajstić information content (AvgIpc) is 3.18. The molecule has 0 atom stereocenters. The van der Waals surface area contributed by atoms with E-state index in [-0.39, 0.29) is 17.4 Å². The molecule has 1 aliphatic heterocycles. The number of hydrogen-bond donors (Lipinski definition) is 0. The molecule has 7 heteroatoms. The SMILES string of the molecule is CCOc1ccc(N2C(=O)/C(=C/c3ccc(OC)cc3)N=C2SCC(=O)c2ccc(C)cc2)cc1. The molecule has 0 fully saturated rings. The molecule has 1 amide bonds. The molecule has 35 heavy (non-hydrogen) atoms. The molecule has 0 spiro atoms. The Morgan fingerprint density at radius 3 is 2.26 bits per heavy atom. The lowest BCUT2D eigenvalue weighted by Crippen LogP contribution is -2.30. The number of aryl methyl sites for hydroxylation is 1. The number of methoxy groups -OCH3 is 1. The zero-order valence-electron chi connectivity index (χ0n) is 19.9. The van der Waals surface area contributed by atoms with E-state index >= 15 is 0 Å². The Balaban J connectivity index is 1.61. The second-order valence-electron chi connectivity index (χ2n) is 7.84. The molecule has 0 saturated heterocycles. The summed E-state index contributed by atoms with van der Waals surface area (Å²) in [5.41, 5.74) is 3.51. The first-order valence-corrected chi connectivity index (χ1v) is 12.2. The molecule has 0 radical (unpaired) electrons. The van der Waals surface area contributed by atoms with Crippen LogP contribution >= 0.6 is 11.8 Å². The highest BCUT2D eigenvalue weighted by Gasteiger charge is 2.32. The van der Waals surface area contributed by atoms with Crippen molar-refractivity contribution in [2.75, 3.05) is 24.4 Å². The minimum absolute atomic E-state index is 0.0237. The van der Waals surface area contributed by atoms with Gasteiger partial charge in [-0.1, -0.05) is 53.7 Å². The summed E-state index contributed by atoms with van der Waals surface area (Å²) in [7, 11) is 1.61. The topological polar surface area (TPSA) is 68.2 Å². The molecular formula is C28H26N2O4S. The third kappa shape index (κ3) is 5.81. The average molecular weight is 487 g/mol. The van der Waals surface area contributed by atoms with Crippen LogP contribution in [0.25, 0.3) is 6.08 Å². The zero-order chi connectivity index (χ0) is 24.8. The molecule has 3 aromatic rings. The monoisotopic (exact) mass is 486 g/mol. The van der Waals surface area contributed by atoms with Gasteiger partial charge in [-0.2, -0.15) is 0 Å². The van der Waals surface area contributed by atoms with E-state index in [9.17, 15) is 9.59 Å². The lowest BCUT2D eigenvalue weighted by Gasteiger charge is -2.18. The molecular weight excluding hydrogens is 460 g/mol.